The third-order valence-corrected chi connectivity index (χ3v) is 1.42. The zero-order valence-electron chi connectivity index (χ0n) is 7.51. The van der Waals surface area contributed by atoms with E-state index in [0.29, 0.717) is 0 Å². The first-order chi connectivity index (χ1) is 6.79. The molecule has 0 saturated carbocycles. The quantitative estimate of drug-likeness (QED) is 0.316. The summed E-state index contributed by atoms with van der Waals surface area (Å²) in [7, 11) is 0. The molecule has 0 saturated heterocycles. The van der Waals surface area contributed by atoms with Gasteiger partial charge in [0, 0.05) is 4.91 Å². The average Bonchev–Trinajstić information content (AvgIpc) is 2.63. The van der Waals surface area contributed by atoms with Crippen molar-refractivity contribution in [2.24, 2.45) is 5.11 Å². The Hall–Kier alpha value is -2.01. The van der Waals surface area contributed by atoms with Gasteiger partial charge in [0.25, 0.3) is 0 Å². The standard InChI is InChI=1S/C7H8N4O3/c1-2-13-7(12)5-4-14-10-6(5)3-9-11-8/h4H,2-3H2,1H3. The van der Waals surface area contributed by atoms with Crippen molar-refractivity contribution in [2.45, 2.75) is 13.5 Å². The van der Waals surface area contributed by atoms with E-state index >= 15 is 0 Å². The number of aromatic nitrogens is 1. The molecule has 0 N–H and O–H groups in total. The van der Waals surface area contributed by atoms with Crippen LogP contribution in [0.2, 0.25) is 0 Å². The SMILES string of the molecule is CCOC(=O)c1conc1CN=[N+]=[N-]. The first kappa shape index (κ1) is 10.1. The molecule has 0 aliphatic carbocycles. The summed E-state index contributed by atoms with van der Waals surface area (Å²) in [5.74, 6) is -0.531. The summed E-state index contributed by atoms with van der Waals surface area (Å²) in [6.07, 6.45) is 1.17. The van der Waals surface area contributed by atoms with E-state index in [1.165, 1.54) is 6.26 Å². The Kier molecular flexibility index (Phi) is 3.51. The molecule has 0 bridgehead atoms. The van der Waals surface area contributed by atoms with E-state index in [4.69, 9.17) is 10.3 Å². The van der Waals surface area contributed by atoms with Crippen LogP contribution in [0, 0.1) is 0 Å². The number of hydrogen-bond acceptors (Lipinski definition) is 5. The van der Waals surface area contributed by atoms with Crippen LogP contribution in [0.4, 0.5) is 0 Å². The number of rotatable bonds is 4. The zero-order valence-corrected chi connectivity index (χ0v) is 7.51. The van der Waals surface area contributed by atoms with Gasteiger partial charge in [-0.15, -0.1) is 0 Å². The minimum Gasteiger partial charge on any atom is -0.462 e. The molecule has 1 aromatic heterocycles. The third-order valence-electron chi connectivity index (χ3n) is 1.42. The van der Waals surface area contributed by atoms with E-state index in [1.807, 2.05) is 0 Å². The lowest BCUT2D eigenvalue weighted by Crippen LogP contribution is -2.06. The first-order valence-corrected chi connectivity index (χ1v) is 3.90. The van der Waals surface area contributed by atoms with Crippen LogP contribution < -0.4 is 0 Å². The van der Waals surface area contributed by atoms with Gasteiger partial charge >= 0.3 is 5.97 Å². The lowest BCUT2D eigenvalue weighted by molar-refractivity contribution is 0.0524. The van der Waals surface area contributed by atoms with Crippen LogP contribution in [-0.4, -0.2) is 17.7 Å². The minimum atomic E-state index is -0.531. The molecule has 0 aliphatic heterocycles. The van der Waals surface area contributed by atoms with Crippen LogP contribution in [0.5, 0.6) is 0 Å². The highest BCUT2D eigenvalue weighted by Crippen LogP contribution is 2.09. The molecule has 14 heavy (non-hydrogen) atoms. The highest BCUT2D eigenvalue weighted by Gasteiger charge is 2.15. The smallest absolute Gasteiger partial charge is 0.343 e. The highest BCUT2D eigenvalue weighted by molar-refractivity contribution is 5.90. The normalized spacial score (nSPS) is 9.21. The van der Waals surface area contributed by atoms with Gasteiger partial charge in [0.05, 0.1) is 13.2 Å². The summed E-state index contributed by atoms with van der Waals surface area (Å²) in [5, 5.41) is 6.78. The van der Waals surface area contributed by atoms with E-state index < -0.39 is 5.97 Å². The van der Waals surface area contributed by atoms with Crippen molar-refractivity contribution in [1.82, 2.24) is 5.16 Å². The van der Waals surface area contributed by atoms with Crippen LogP contribution in [0.1, 0.15) is 23.0 Å². The Labute approximate surface area is 79.3 Å². The third kappa shape index (κ3) is 2.24. The van der Waals surface area contributed by atoms with Crippen molar-refractivity contribution >= 4 is 5.97 Å². The molecule has 0 amide bonds. The van der Waals surface area contributed by atoms with Crippen LogP contribution in [0.25, 0.3) is 10.4 Å². The Morgan fingerprint density at radius 3 is 3.29 bits per heavy atom. The number of carbonyl (C=O) groups is 1. The van der Waals surface area contributed by atoms with Crippen molar-refractivity contribution in [2.75, 3.05) is 6.61 Å². The van der Waals surface area contributed by atoms with Gasteiger partial charge < -0.3 is 9.26 Å². The molecule has 1 aromatic rings. The number of azide groups is 1. The Balaban J connectivity index is 2.80. The van der Waals surface area contributed by atoms with Gasteiger partial charge in [0.1, 0.15) is 17.5 Å². The predicted molar refractivity (Wildman–Crippen MR) is 45.3 cm³/mol. The minimum absolute atomic E-state index is 0.0266. The maximum Gasteiger partial charge on any atom is 0.343 e. The topological polar surface area (TPSA) is 101 Å². The Bertz CT molecular complexity index is 367. The second-order valence-corrected chi connectivity index (χ2v) is 2.28. The number of nitrogens with zero attached hydrogens (tertiary/aromatic N) is 4. The predicted octanol–water partition coefficient (Wildman–Crippen LogP) is 1.66. The van der Waals surface area contributed by atoms with E-state index in [-0.39, 0.29) is 24.4 Å². The molecule has 0 radical (unpaired) electrons. The fourth-order valence-corrected chi connectivity index (χ4v) is 0.847. The molecule has 0 spiro atoms. The summed E-state index contributed by atoms with van der Waals surface area (Å²) >= 11 is 0. The molecule has 0 aliphatic rings. The molecule has 0 aromatic carbocycles. The first-order valence-electron chi connectivity index (χ1n) is 3.90. The Morgan fingerprint density at radius 1 is 1.86 bits per heavy atom. The zero-order chi connectivity index (χ0) is 10.4. The van der Waals surface area contributed by atoms with Crippen LogP contribution in [0.3, 0.4) is 0 Å². The second-order valence-electron chi connectivity index (χ2n) is 2.28. The number of carbonyl (C=O) groups excluding carboxylic acids is 1. The van der Waals surface area contributed by atoms with Gasteiger partial charge in [-0.1, -0.05) is 10.3 Å². The van der Waals surface area contributed by atoms with Crippen molar-refractivity contribution in [3.8, 4) is 0 Å². The van der Waals surface area contributed by atoms with Gasteiger partial charge in [0.2, 0.25) is 0 Å². The van der Waals surface area contributed by atoms with Gasteiger partial charge in [-0.25, -0.2) is 4.79 Å². The summed E-state index contributed by atoms with van der Waals surface area (Å²) in [6, 6.07) is 0. The van der Waals surface area contributed by atoms with Crippen LogP contribution >= 0.6 is 0 Å². The summed E-state index contributed by atoms with van der Waals surface area (Å²) in [5.41, 5.74) is 8.55. The molecule has 1 rings (SSSR count). The molecule has 1 heterocycles. The van der Waals surface area contributed by atoms with Gasteiger partial charge in [0.15, 0.2) is 0 Å². The molecule has 0 unspecified atom stereocenters. The van der Waals surface area contributed by atoms with E-state index in [1.54, 1.807) is 6.92 Å². The summed E-state index contributed by atoms with van der Waals surface area (Å²) < 4.78 is 9.31. The van der Waals surface area contributed by atoms with Gasteiger partial charge in [-0.3, -0.25) is 0 Å². The van der Waals surface area contributed by atoms with Gasteiger partial charge in [-0.2, -0.15) is 0 Å². The van der Waals surface area contributed by atoms with Crippen LogP contribution in [0.15, 0.2) is 15.9 Å². The van der Waals surface area contributed by atoms with Crippen molar-refractivity contribution in [1.29, 1.82) is 0 Å². The second kappa shape index (κ2) is 4.88. The number of esters is 1. The monoisotopic (exact) mass is 196 g/mol. The van der Waals surface area contributed by atoms with Crippen LogP contribution in [-0.2, 0) is 11.3 Å². The molecule has 0 atom stereocenters. The average molecular weight is 196 g/mol. The molecular formula is C7H8N4O3. The highest BCUT2D eigenvalue weighted by atomic mass is 16.5. The molecule has 0 fully saturated rings. The number of ether oxygens (including phenoxy) is 1. The van der Waals surface area contributed by atoms with Crippen molar-refractivity contribution < 1.29 is 14.1 Å². The van der Waals surface area contributed by atoms with Crippen molar-refractivity contribution in [3.05, 3.63) is 28.0 Å². The lowest BCUT2D eigenvalue weighted by atomic mass is 10.2. The van der Waals surface area contributed by atoms with E-state index in [2.05, 4.69) is 19.7 Å². The molecule has 7 nitrogen and oxygen atoms in total. The van der Waals surface area contributed by atoms with Gasteiger partial charge in [-0.05, 0) is 12.5 Å². The largest absolute Gasteiger partial charge is 0.462 e. The summed E-state index contributed by atoms with van der Waals surface area (Å²) in [4.78, 5) is 13.8. The van der Waals surface area contributed by atoms with E-state index in [0.717, 1.165) is 0 Å². The number of hydrogen-bond donors (Lipinski definition) is 0. The van der Waals surface area contributed by atoms with E-state index in [9.17, 15) is 4.79 Å². The molecular weight excluding hydrogens is 188 g/mol. The summed E-state index contributed by atoms with van der Waals surface area (Å²) in [6.45, 7) is 1.94. The maximum atomic E-state index is 11.2. The lowest BCUT2D eigenvalue weighted by Gasteiger charge is -1.98. The maximum absolute atomic E-state index is 11.2. The fourth-order valence-electron chi connectivity index (χ4n) is 0.847. The fraction of sp³-hybridized carbons (Fsp3) is 0.429. The molecule has 74 valence electrons. The van der Waals surface area contributed by atoms with Crippen molar-refractivity contribution in [3.63, 3.8) is 0 Å². The Morgan fingerprint density at radius 2 is 2.64 bits per heavy atom. The molecule has 7 heteroatoms.